The Morgan fingerprint density at radius 2 is 1.53 bits per heavy atom. The lowest BCUT2D eigenvalue weighted by Crippen LogP contribution is -2.49. The van der Waals surface area contributed by atoms with E-state index in [1.807, 2.05) is 29.2 Å². The Labute approximate surface area is 201 Å². The fourth-order valence-corrected chi connectivity index (χ4v) is 4.78. The molecule has 5 heteroatoms. The molecule has 0 atom stereocenters. The Balaban J connectivity index is 1.23. The summed E-state index contributed by atoms with van der Waals surface area (Å²) in [6.07, 6.45) is 0.436. The van der Waals surface area contributed by atoms with Crippen LogP contribution in [0.15, 0.2) is 66.7 Å². The van der Waals surface area contributed by atoms with Gasteiger partial charge in [-0.05, 0) is 72.0 Å². The van der Waals surface area contributed by atoms with Gasteiger partial charge in [0.2, 0.25) is 5.91 Å². The summed E-state index contributed by atoms with van der Waals surface area (Å²) in [7, 11) is 0. The van der Waals surface area contributed by atoms with E-state index >= 15 is 0 Å². The Kier molecular flexibility index (Phi) is 6.01. The standard InChI is InChI=1S/C29H30N4O/c1-20-17-22(3)26(18-21(20)2)27-11-12-28(31-30-27)32-13-15-33(16-14-32)29(34)19-24-9-6-8-23-7-4-5-10-25(23)24/h4-12,17-18H,13-16,19H2,1-3H3. The highest BCUT2D eigenvalue weighted by Gasteiger charge is 2.23. The molecule has 0 aliphatic carbocycles. The summed E-state index contributed by atoms with van der Waals surface area (Å²) in [6, 6.07) is 22.9. The van der Waals surface area contributed by atoms with Gasteiger partial charge in [0.25, 0.3) is 0 Å². The summed E-state index contributed by atoms with van der Waals surface area (Å²) in [6.45, 7) is 9.29. The van der Waals surface area contributed by atoms with Crippen molar-refractivity contribution in [2.24, 2.45) is 0 Å². The monoisotopic (exact) mass is 450 g/mol. The van der Waals surface area contributed by atoms with E-state index in [4.69, 9.17) is 0 Å². The molecule has 34 heavy (non-hydrogen) atoms. The molecule has 0 radical (unpaired) electrons. The average Bonchev–Trinajstić information content (AvgIpc) is 2.87. The molecule has 5 nitrogen and oxygen atoms in total. The zero-order chi connectivity index (χ0) is 23.7. The van der Waals surface area contributed by atoms with Gasteiger partial charge in [0, 0.05) is 31.7 Å². The van der Waals surface area contributed by atoms with Crippen molar-refractivity contribution in [3.05, 3.63) is 89.0 Å². The largest absolute Gasteiger partial charge is 0.352 e. The minimum atomic E-state index is 0.183. The number of hydrogen-bond acceptors (Lipinski definition) is 4. The number of anilines is 1. The summed E-state index contributed by atoms with van der Waals surface area (Å²) in [5, 5.41) is 11.4. The van der Waals surface area contributed by atoms with Crippen molar-refractivity contribution in [1.82, 2.24) is 15.1 Å². The highest BCUT2D eigenvalue weighted by molar-refractivity contribution is 5.90. The van der Waals surface area contributed by atoms with Gasteiger partial charge in [-0.3, -0.25) is 4.79 Å². The molecule has 0 bridgehead atoms. The van der Waals surface area contributed by atoms with Crippen molar-refractivity contribution in [1.29, 1.82) is 0 Å². The fourth-order valence-electron chi connectivity index (χ4n) is 4.78. The molecule has 1 saturated heterocycles. The van der Waals surface area contributed by atoms with E-state index in [9.17, 15) is 4.79 Å². The van der Waals surface area contributed by atoms with Crippen LogP contribution in [0.4, 0.5) is 5.82 Å². The van der Waals surface area contributed by atoms with Crippen LogP contribution in [0.2, 0.25) is 0 Å². The molecule has 4 aromatic rings. The highest BCUT2D eigenvalue weighted by Crippen LogP contribution is 2.26. The van der Waals surface area contributed by atoms with E-state index in [1.54, 1.807) is 0 Å². The van der Waals surface area contributed by atoms with Crippen LogP contribution in [-0.2, 0) is 11.2 Å². The van der Waals surface area contributed by atoms with Crippen LogP contribution in [0, 0.1) is 20.8 Å². The molecule has 0 N–H and O–H groups in total. The van der Waals surface area contributed by atoms with Crippen molar-refractivity contribution >= 4 is 22.5 Å². The van der Waals surface area contributed by atoms with Crippen molar-refractivity contribution in [3.63, 3.8) is 0 Å². The quantitative estimate of drug-likeness (QED) is 0.433. The lowest BCUT2D eigenvalue weighted by atomic mass is 9.99. The predicted octanol–water partition coefficient (Wildman–Crippen LogP) is 5.11. The minimum Gasteiger partial charge on any atom is -0.352 e. The van der Waals surface area contributed by atoms with Gasteiger partial charge in [0.05, 0.1) is 12.1 Å². The number of nitrogens with zero attached hydrogens (tertiary/aromatic N) is 4. The Morgan fingerprint density at radius 1 is 0.794 bits per heavy atom. The number of carbonyl (C=O) groups is 1. The first-order valence-electron chi connectivity index (χ1n) is 11.9. The summed E-state index contributed by atoms with van der Waals surface area (Å²) in [5.41, 5.74) is 6.88. The summed E-state index contributed by atoms with van der Waals surface area (Å²) in [4.78, 5) is 17.2. The van der Waals surface area contributed by atoms with Gasteiger partial charge in [-0.15, -0.1) is 10.2 Å². The fraction of sp³-hybridized carbons (Fsp3) is 0.276. The molecular formula is C29H30N4O. The van der Waals surface area contributed by atoms with E-state index in [2.05, 4.69) is 78.3 Å². The SMILES string of the molecule is Cc1cc(C)c(-c2ccc(N3CCN(C(=O)Cc4cccc5ccccc45)CC3)nn2)cc1C. The Hall–Kier alpha value is -3.73. The van der Waals surface area contributed by atoms with E-state index in [0.717, 1.165) is 41.1 Å². The third-order valence-electron chi connectivity index (χ3n) is 6.95. The Morgan fingerprint density at radius 3 is 2.29 bits per heavy atom. The van der Waals surface area contributed by atoms with Crippen LogP contribution >= 0.6 is 0 Å². The molecule has 1 aromatic heterocycles. The number of piperazine rings is 1. The lowest BCUT2D eigenvalue weighted by molar-refractivity contribution is -0.130. The topological polar surface area (TPSA) is 49.3 Å². The number of benzene rings is 3. The van der Waals surface area contributed by atoms with Crippen LogP contribution in [0.1, 0.15) is 22.3 Å². The number of hydrogen-bond donors (Lipinski definition) is 0. The number of aryl methyl sites for hydroxylation is 3. The van der Waals surface area contributed by atoms with E-state index in [1.165, 1.54) is 22.1 Å². The third kappa shape index (κ3) is 4.38. The average molecular weight is 451 g/mol. The summed E-state index contributed by atoms with van der Waals surface area (Å²) >= 11 is 0. The van der Waals surface area contributed by atoms with Gasteiger partial charge in [0.15, 0.2) is 5.82 Å². The van der Waals surface area contributed by atoms with Gasteiger partial charge in [0.1, 0.15) is 0 Å². The molecule has 5 rings (SSSR count). The highest BCUT2D eigenvalue weighted by atomic mass is 16.2. The lowest BCUT2D eigenvalue weighted by Gasteiger charge is -2.35. The van der Waals surface area contributed by atoms with Gasteiger partial charge >= 0.3 is 0 Å². The smallest absolute Gasteiger partial charge is 0.227 e. The number of fused-ring (bicyclic) bond motifs is 1. The van der Waals surface area contributed by atoms with Crippen LogP contribution < -0.4 is 4.90 Å². The minimum absolute atomic E-state index is 0.183. The summed E-state index contributed by atoms with van der Waals surface area (Å²) in [5.74, 6) is 1.05. The maximum atomic E-state index is 13.0. The maximum absolute atomic E-state index is 13.0. The molecule has 1 aliphatic rings. The molecule has 0 saturated carbocycles. The van der Waals surface area contributed by atoms with E-state index in [-0.39, 0.29) is 5.91 Å². The second-order valence-electron chi connectivity index (χ2n) is 9.21. The predicted molar refractivity (Wildman–Crippen MR) is 138 cm³/mol. The Bertz CT molecular complexity index is 1330. The van der Waals surface area contributed by atoms with E-state index < -0.39 is 0 Å². The number of rotatable bonds is 4. The normalized spacial score (nSPS) is 14.0. The van der Waals surface area contributed by atoms with E-state index in [0.29, 0.717) is 19.5 Å². The molecule has 0 spiro atoms. The van der Waals surface area contributed by atoms with Crippen LogP contribution in [0.5, 0.6) is 0 Å². The first-order valence-corrected chi connectivity index (χ1v) is 11.9. The van der Waals surface area contributed by atoms with Crippen LogP contribution in [-0.4, -0.2) is 47.2 Å². The van der Waals surface area contributed by atoms with Crippen molar-refractivity contribution in [3.8, 4) is 11.3 Å². The maximum Gasteiger partial charge on any atom is 0.227 e. The van der Waals surface area contributed by atoms with Crippen LogP contribution in [0.25, 0.3) is 22.0 Å². The van der Waals surface area contributed by atoms with Crippen molar-refractivity contribution in [2.75, 3.05) is 31.1 Å². The van der Waals surface area contributed by atoms with Gasteiger partial charge < -0.3 is 9.80 Å². The first kappa shape index (κ1) is 22.1. The number of amides is 1. The van der Waals surface area contributed by atoms with Crippen molar-refractivity contribution in [2.45, 2.75) is 27.2 Å². The number of aromatic nitrogens is 2. The van der Waals surface area contributed by atoms with Crippen LogP contribution in [0.3, 0.4) is 0 Å². The molecule has 2 heterocycles. The molecule has 0 unspecified atom stereocenters. The number of carbonyl (C=O) groups excluding carboxylic acids is 1. The molecule has 3 aromatic carbocycles. The molecule has 1 aliphatic heterocycles. The first-order chi connectivity index (χ1) is 16.5. The molecule has 172 valence electrons. The zero-order valence-electron chi connectivity index (χ0n) is 20.1. The second kappa shape index (κ2) is 9.26. The second-order valence-corrected chi connectivity index (χ2v) is 9.21. The third-order valence-corrected chi connectivity index (χ3v) is 6.95. The summed E-state index contributed by atoms with van der Waals surface area (Å²) < 4.78 is 0. The molecule has 1 amide bonds. The van der Waals surface area contributed by atoms with Gasteiger partial charge in [-0.25, -0.2) is 0 Å². The van der Waals surface area contributed by atoms with Gasteiger partial charge in [-0.1, -0.05) is 48.5 Å². The molecular weight excluding hydrogens is 420 g/mol. The molecule has 1 fully saturated rings. The van der Waals surface area contributed by atoms with Gasteiger partial charge in [-0.2, -0.15) is 0 Å². The van der Waals surface area contributed by atoms with Crippen molar-refractivity contribution < 1.29 is 4.79 Å². The zero-order valence-corrected chi connectivity index (χ0v) is 20.1.